The first-order chi connectivity index (χ1) is 14.2. The molecule has 3 rings (SSSR count). The molecule has 1 aliphatic rings. The number of nitrogens with zero attached hydrogens (tertiary/aromatic N) is 2. The van der Waals surface area contributed by atoms with E-state index in [-0.39, 0.29) is 45.2 Å². The molecule has 0 bridgehead atoms. The average molecular weight is 439 g/mol. The zero-order valence-electron chi connectivity index (χ0n) is 16.3. The third-order valence-electron chi connectivity index (χ3n) is 4.69. The lowest BCUT2D eigenvalue weighted by molar-refractivity contribution is -0.135. The lowest BCUT2D eigenvalue weighted by Crippen LogP contribution is -2.51. The molecule has 0 aliphatic carbocycles. The van der Waals surface area contributed by atoms with Crippen molar-refractivity contribution in [1.82, 2.24) is 9.80 Å². The largest absolute Gasteiger partial charge is 0.335 e. The van der Waals surface area contributed by atoms with E-state index in [1.165, 1.54) is 53.1 Å². The van der Waals surface area contributed by atoms with Crippen molar-refractivity contribution in [3.05, 3.63) is 65.2 Å². The fourth-order valence-corrected chi connectivity index (χ4v) is 3.73. The second-order valence-corrected chi connectivity index (χ2v) is 8.91. The van der Waals surface area contributed by atoms with Crippen LogP contribution in [0.1, 0.15) is 24.3 Å². The number of benzene rings is 2. The summed E-state index contributed by atoms with van der Waals surface area (Å²) < 4.78 is 52.3. The smallest absolute Gasteiger partial charge is 0.254 e. The van der Waals surface area contributed by atoms with Gasteiger partial charge < -0.3 is 9.80 Å². The Hall–Kier alpha value is -3.01. The van der Waals surface area contributed by atoms with Crippen LogP contribution in [0.2, 0.25) is 0 Å². The number of carbonyl (C=O) groups excluding carboxylic acids is 2. The molecule has 162 valence electrons. The molecule has 0 saturated carbocycles. The Labute approximate surface area is 174 Å². The molecule has 7 nitrogen and oxygen atoms in total. The van der Waals surface area contributed by atoms with E-state index in [1.807, 2.05) is 0 Å². The predicted molar refractivity (Wildman–Crippen MR) is 109 cm³/mol. The monoisotopic (exact) mass is 439 g/mol. The Kier molecular flexibility index (Phi) is 6.35. The first-order valence-corrected chi connectivity index (χ1v) is 10.9. The van der Waals surface area contributed by atoms with Gasteiger partial charge in [-0.15, -0.1) is 0 Å². The van der Waals surface area contributed by atoms with E-state index < -0.39 is 21.7 Å². The summed E-state index contributed by atoms with van der Waals surface area (Å²) in [5, 5.41) is 0. The molecule has 0 radical (unpaired) electrons. The SMILES string of the molecule is CCS(=O)(=O)Nc1ccc(C(=O)N2CCN(Cc3cc(F)cc(F)c3)C(=O)C2)cc1.[HH]. The Morgan fingerprint density at radius 3 is 2.30 bits per heavy atom. The highest BCUT2D eigenvalue weighted by Crippen LogP contribution is 2.17. The minimum absolute atomic E-state index is 0. The number of anilines is 1. The molecule has 2 aromatic rings. The van der Waals surface area contributed by atoms with Gasteiger partial charge in [0.25, 0.3) is 5.91 Å². The van der Waals surface area contributed by atoms with Gasteiger partial charge in [0.1, 0.15) is 18.2 Å². The number of carbonyl (C=O) groups is 2. The van der Waals surface area contributed by atoms with Crippen LogP contribution in [0.3, 0.4) is 0 Å². The lowest BCUT2D eigenvalue weighted by Gasteiger charge is -2.34. The number of sulfonamides is 1. The van der Waals surface area contributed by atoms with Crippen LogP contribution in [0, 0.1) is 11.6 Å². The molecule has 0 aromatic heterocycles. The highest BCUT2D eigenvalue weighted by atomic mass is 32.2. The summed E-state index contributed by atoms with van der Waals surface area (Å²) in [7, 11) is -3.41. The number of rotatable bonds is 6. The van der Waals surface area contributed by atoms with Crippen LogP contribution in [0.25, 0.3) is 0 Å². The zero-order valence-corrected chi connectivity index (χ0v) is 17.1. The first-order valence-electron chi connectivity index (χ1n) is 9.29. The van der Waals surface area contributed by atoms with Gasteiger partial charge in [-0.1, -0.05) is 0 Å². The molecule has 10 heteroatoms. The Balaban J connectivity index is 0.00000341. The topological polar surface area (TPSA) is 86.8 Å². The second-order valence-electron chi connectivity index (χ2n) is 6.90. The van der Waals surface area contributed by atoms with Crippen LogP contribution < -0.4 is 4.72 Å². The number of piperazine rings is 1. The van der Waals surface area contributed by atoms with Crippen molar-refractivity contribution < 1.29 is 28.2 Å². The number of halogens is 2. The van der Waals surface area contributed by atoms with E-state index in [0.29, 0.717) is 16.8 Å². The maximum Gasteiger partial charge on any atom is 0.254 e. The zero-order chi connectivity index (χ0) is 21.9. The van der Waals surface area contributed by atoms with E-state index in [2.05, 4.69) is 4.72 Å². The molecule has 0 spiro atoms. The number of amides is 2. The minimum Gasteiger partial charge on any atom is -0.335 e. The molecule has 30 heavy (non-hydrogen) atoms. The summed E-state index contributed by atoms with van der Waals surface area (Å²) in [6.45, 7) is 1.92. The second kappa shape index (κ2) is 8.78. The third kappa shape index (κ3) is 5.32. The minimum atomic E-state index is -3.41. The van der Waals surface area contributed by atoms with Gasteiger partial charge >= 0.3 is 0 Å². The van der Waals surface area contributed by atoms with Crippen molar-refractivity contribution in [2.24, 2.45) is 0 Å². The summed E-state index contributed by atoms with van der Waals surface area (Å²) in [6.07, 6.45) is 0. The van der Waals surface area contributed by atoms with Gasteiger partial charge in [-0.05, 0) is 48.9 Å². The molecular weight excluding hydrogens is 416 g/mol. The van der Waals surface area contributed by atoms with Crippen LogP contribution in [-0.4, -0.2) is 55.4 Å². The van der Waals surface area contributed by atoms with Crippen molar-refractivity contribution in [3.63, 3.8) is 0 Å². The van der Waals surface area contributed by atoms with Gasteiger partial charge in [-0.3, -0.25) is 14.3 Å². The summed E-state index contributed by atoms with van der Waals surface area (Å²) in [5.41, 5.74) is 1.00. The maximum absolute atomic E-state index is 13.3. The predicted octanol–water partition coefficient (Wildman–Crippen LogP) is 2.46. The Morgan fingerprint density at radius 1 is 1.10 bits per heavy atom. The summed E-state index contributed by atoms with van der Waals surface area (Å²) in [4.78, 5) is 27.9. The van der Waals surface area contributed by atoms with Crippen molar-refractivity contribution >= 4 is 27.5 Å². The standard InChI is InChI=1S/C20H21F2N3O4S.H2/c1-2-30(28,29)23-18-5-3-15(4-6-18)20(27)25-8-7-24(19(26)13-25)12-14-9-16(21)11-17(22)10-14;/h3-6,9-11,23H,2,7-8,12-13H2,1H3;1H. The van der Waals surface area contributed by atoms with Crippen molar-refractivity contribution in [3.8, 4) is 0 Å². The van der Waals surface area contributed by atoms with E-state index in [9.17, 15) is 26.8 Å². The average Bonchev–Trinajstić information content (AvgIpc) is 2.68. The van der Waals surface area contributed by atoms with Crippen LogP contribution in [0.15, 0.2) is 42.5 Å². The highest BCUT2D eigenvalue weighted by molar-refractivity contribution is 7.92. The van der Waals surface area contributed by atoms with Crippen molar-refractivity contribution in [1.29, 1.82) is 0 Å². The van der Waals surface area contributed by atoms with Crippen molar-refractivity contribution in [2.75, 3.05) is 30.1 Å². The third-order valence-corrected chi connectivity index (χ3v) is 5.99. The van der Waals surface area contributed by atoms with E-state index in [0.717, 1.165) is 6.07 Å². The van der Waals surface area contributed by atoms with Gasteiger partial charge in [-0.25, -0.2) is 17.2 Å². The van der Waals surface area contributed by atoms with Crippen LogP contribution in [-0.2, 0) is 21.4 Å². The number of nitrogens with one attached hydrogen (secondary N) is 1. The molecule has 1 N–H and O–H groups in total. The molecule has 2 amide bonds. The van der Waals surface area contributed by atoms with Crippen LogP contribution in [0.5, 0.6) is 0 Å². The van der Waals surface area contributed by atoms with Gasteiger partial charge in [0.05, 0.1) is 5.75 Å². The molecule has 1 saturated heterocycles. The summed E-state index contributed by atoms with van der Waals surface area (Å²) in [5.74, 6) is -2.18. The lowest BCUT2D eigenvalue weighted by atomic mass is 10.1. The normalized spacial score (nSPS) is 14.7. The fraction of sp³-hybridized carbons (Fsp3) is 0.300. The van der Waals surface area contributed by atoms with E-state index >= 15 is 0 Å². The first kappa shape index (κ1) is 21.7. The van der Waals surface area contributed by atoms with Crippen molar-refractivity contribution in [2.45, 2.75) is 13.5 Å². The van der Waals surface area contributed by atoms with E-state index in [4.69, 9.17) is 0 Å². The molecule has 0 atom stereocenters. The molecule has 0 unspecified atom stereocenters. The number of hydrogen-bond acceptors (Lipinski definition) is 4. The van der Waals surface area contributed by atoms with Gasteiger partial charge in [-0.2, -0.15) is 0 Å². The molecule has 1 heterocycles. The quantitative estimate of drug-likeness (QED) is 0.749. The molecule has 1 fully saturated rings. The van der Waals surface area contributed by atoms with Gasteiger partial charge in [0.15, 0.2) is 0 Å². The maximum atomic E-state index is 13.3. The fourth-order valence-electron chi connectivity index (χ4n) is 3.09. The van der Waals surface area contributed by atoms with Gasteiger partial charge in [0.2, 0.25) is 15.9 Å². The highest BCUT2D eigenvalue weighted by Gasteiger charge is 2.28. The van der Waals surface area contributed by atoms with Crippen LogP contribution in [0.4, 0.5) is 14.5 Å². The van der Waals surface area contributed by atoms with E-state index in [1.54, 1.807) is 0 Å². The molecule has 2 aromatic carbocycles. The number of hydrogen-bond donors (Lipinski definition) is 1. The van der Waals surface area contributed by atoms with Crippen LogP contribution >= 0.6 is 0 Å². The summed E-state index contributed by atoms with van der Waals surface area (Å²) >= 11 is 0. The Bertz CT molecular complexity index is 1040. The molecular formula is C20H23F2N3O4S. The Morgan fingerprint density at radius 2 is 1.73 bits per heavy atom. The molecule has 1 aliphatic heterocycles. The van der Waals surface area contributed by atoms with Gasteiger partial charge in [0, 0.05) is 38.4 Å². The summed E-state index contributed by atoms with van der Waals surface area (Å²) in [6, 6.07) is 9.04.